The van der Waals surface area contributed by atoms with E-state index < -0.39 is 16.0 Å². The minimum Gasteiger partial charge on any atom is -0.455 e. The second-order valence-corrected chi connectivity index (χ2v) is 9.56. The summed E-state index contributed by atoms with van der Waals surface area (Å²) in [6.07, 6.45) is 7.63. The second-order valence-electron chi connectivity index (χ2n) is 7.62. The van der Waals surface area contributed by atoms with Crippen molar-refractivity contribution >= 4 is 21.9 Å². The Hall–Kier alpha value is -2.00. The number of esters is 1. The Morgan fingerprint density at radius 3 is 2.59 bits per heavy atom. The van der Waals surface area contributed by atoms with Gasteiger partial charge in [-0.05, 0) is 50.7 Å². The summed E-state index contributed by atoms with van der Waals surface area (Å²) in [7, 11) is -3.60. The van der Waals surface area contributed by atoms with Crippen LogP contribution in [0.4, 0.5) is 0 Å². The van der Waals surface area contributed by atoms with Crippen LogP contribution in [0.2, 0.25) is 0 Å². The highest BCUT2D eigenvalue weighted by Gasteiger charge is 2.33. The number of likely N-dealkylation sites (tertiary alicyclic amines) is 1. The molecule has 29 heavy (non-hydrogen) atoms. The van der Waals surface area contributed by atoms with Gasteiger partial charge < -0.3 is 9.64 Å². The first-order valence-electron chi connectivity index (χ1n) is 10.3. The van der Waals surface area contributed by atoms with E-state index in [0.29, 0.717) is 12.8 Å². The molecule has 9 heteroatoms. The normalized spacial score (nSPS) is 21.7. The summed E-state index contributed by atoms with van der Waals surface area (Å²) in [6.45, 7) is 3.04. The molecule has 0 spiro atoms. The van der Waals surface area contributed by atoms with Gasteiger partial charge >= 0.3 is 5.97 Å². The monoisotopic (exact) mass is 423 g/mol. The highest BCUT2D eigenvalue weighted by atomic mass is 32.2. The smallest absolute Gasteiger partial charge is 0.309 e. The molecular weight excluding hydrogens is 394 g/mol. The second kappa shape index (κ2) is 9.67. The predicted molar refractivity (Wildman–Crippen MR) is 106 cm³/mol. The van der Waals surface area contributed by atoms with Gasteiger partial charge in [-0.1, -0.05) is 6.92 Å². The van der Waals surface area contributed by atoms with E-state index in [4.69, 9.17) is 4.74 Å². The van der Waals surface area contributed by atoms with Gasteiger partial charge in [0.05, 0.1) is 5.92 Å². The summed E-state index contributed by atoms with van der Waals surface area (Å²) < 4.78 is 31.9. The summed E-state index contributed by atoms with van der Waals surface area (Å²) >= 11 is 0. The van der Waals surface area contributed by atoms with Crippen molar-refractivity contribution in [1.29, 1.82) is 0 Å². The summed E-state index contributed by atoms with van der Waals surface area (Å²) in [5.74, 6) is -0.935. The zero-order valence-corrected chi connectivity index (χ0v) is 17.6. The first-order valence-corrected chi connectivity index (χ1v) is 11.7. The van der Waals surface area contributed by atoms with Crippen LogP contribution < -0.4 is 0 Å². The van der Waals surface area contributed by atoms with Crippen LogP contribution in [0.3, 0.4) is 0 Å². The zero-order valence-electron chi connectivity index (χ0n) is 16.8. The number of carbonyl (C=O) groups is 2. The van der Waals surface area contributed by atoms with Gasteiger partial charge in [-0.25, -0.2) is 8.42 Å². The molecule has 0 aliphatic carbocycles. The maximum atomic E-state index is 12.6. The molecule has 0 N–H and O–H groups in total. The standard InChI is InChI=1S/C20H29N3O5S/c1-2-17-6-3-4-11-23(17)19(24)15-28-20(25)16-8-12-22(13-9-16)29(26,27)18-7-5-10-21-14-18/h5,7,10,14,16-17H,2-4,6,8-9,11-13,15H2,1H3. The lowest BCUT2D eigenvalue weighted by Crippen LogP contribution is -2.46. The van der Waals surface area contributed by atoms with Crippen molar-refractivity contribution in [2.24, 2.45) is 5.92 Å². The van der Waals surface area contributed by atoms with Crippen LogP contribution in [0.1, 0.15) is 45.4 Å². The molecule has 1 aromatic rings. The fourth-order valence-corrected chi connectivity index (χ4v) is 5.50. The average Bonchev–Trinajstić information content (AvgIpc) is 2.77. The maximum absolute atomic E-state index is 12.6. The van der Waals surface area contributed by atoms with Crippen LogP contribution in [0, 0.1) is 5.92 Å². The number of rotatable bonds is 6. The molecule has 2 aliphatic rings. The van der Waals surface area contributed by atoms with Crippen molar-refractivity contribution < 1.29 is 22.7 Å². The fourth-order valence-electron chi connectivity index (χ4n) is 4.07. The molecule has 3 heterocycles. The number of sulfonamides is 1. The van der Waals surface area contributed by atoms with E-state index in [-0.39, 0.29) is 42.5 Å². The molecule has 0 radical (unpaired) electrons. The minimum absolute atomic E-state index is 0.138. The lowest BCUT2D eigenvalue weighted by Gasteiger charge is -2.35. The molecule has 160 valence electrons. The van der Waals surface area contributed by atoms with Crippen LogP contribution >= 0.6 is 0 Å². The quantitative estimate of drug-likeness (QED) is 0.648. The highest BCUT2D eigenvalue weighted by molar-refractivity contribution is 7.89. The molecule has 1 atom stereocenters. The molecule has 2 aliphatic heterocycles. The van der Waals surface area contributed by atoms with Crippen molar-refractivity contribution in [2.45, 2.75) is 56.4 Å². The van der Waals surface area contributed by atoms with Crippen LogP contribution in [-0.4, -0.2) is 66.8 Å². The number of nitrogens with zero attached hydrogens (tertiary/aromatic N) is 3. The topological polar surface area (TPSA) is 96.9 Å². The zero-order chi connectivity index (χ0) is 20.9. The average molecular weight is 424 g/mol. The van der Waals surface area contributed by atoms with Crippen LogP contribution in [0.15, 0.2) is 29.4 Å². The molecule has 0 bridgehead atoms. The molecule has 2 fully saturated rings. The number of carbonyl (C=O) groups excluding carboxylic acids is 2. The first-order chi connectivity index (χ1) is 13.9. The Morgan fingerprint density at radius 2 is 1.93 bits per heavy atom. The number of amides is 1. The Bertz CT molecular complexity index is 807. The number of ether oxygens (including phenoxy) is 1. The van der Waals surface area contributed by atoms with E-state index in [1.165, 1.54) is 22.8 Å². The van der Waals surface area contributed by atoms with E-state index in [1.54, 1.807) is 6.07 Å². The van der Waals surface area contributed by atoms with Crippen LogP contribution in [-0.2, 0) is 24.3 Å². The van der Waals surface area contributed by atoms with Crippen LogP contribution in [0.25, 0.3) is 0 Å². The van der Waals surface area contributed by atoms with E-state index in [9.17, 15) is 18.0 Å². The van der Waals surface area contributed by atoms with E-state index in [1.807, 2.05) is 4.90 Å². The van der Waals surface area contributed by atoms with Gasteiger partial charge in [0.25, 0.3) is 5.91 Å². The summed E-state index contributed by atoms with van der Waals surface area (Å²) in [5, 5.41) is 0. The number of aromatic nitrogens is 1. The van der Waals surface area contributed by atoms with E-state index >= 15 is 0 Å². The number of hydrogen-bond donors (Lipinski definition) is 0. The molecule has 3 rings (SSSR count). The number of pyridine rings is 1. The molecule has 0 saturated carbocycles. The van der Waals surface area contributed by atoms with Crippen molar-refractivity contribution in [3.8, 4) is 0 Å². The molecular formula is C20H29N3O5S. The van der Waals surface area contributed by atoms with E-state index in [0.717, 1.165) is 32.2 Å². The Morgan fingerprint density at radius 1 is 1.17 bits per heavy atom. The van der Waals surface area contributed by atoms with Crippen molar-refractivity contribution in [1.82, 2.24) is 14.2 Å². The van der Waals surface area contributed by atoms with Crippen LogP contribution in [0.5, 0.6) is 0 Å². The molecule has 8 nitrogen and oxygen atoms in total. The van der Waals surface area contributed by atoms with Crippen molar-refractivity contribution in [2.75, 3.05) is 26.2 Å². The lowest BCUT2D eigenvalue weighted by molar-refractivity contribution is -0.157. The van der Waals surface area contributed by atoms with Gasteiger partial charge in [0.1, 0.15) is 4.90 Å². The number of piperidine rings is 2. The molecule has 0 aromatic carbocycles. The summed E-state index contributed by atoms with van der Waals surface area (Å²) in [4.78, 5) is 30.7. The Balaban J connectivity index is 1.48. The number of hydrogen-bond acceptors (Lipinski definition) is 6. The third-order valence-electron chi connectivity index (χ3n) is 5.82. The largest absolute Gasteiger partial charge is 0.455 e. The van der Waals surface area contributed by atoms with Gasteiger partial charge in [0, 0.05) is 38.1 Å². The van der Waals surface area contributed by atoms with E-state index in [2.05, 4.69) is 11.9 Å². The lowest BCUT2D eigenvalue weighted by atomic mass is 9.98. The Labute approximate surface area is 172 Å². The molecule has 1 aromatic heterocycles. The first kappa shape index (κ1) is 21.7. The van der Waals surface area contributed by atoms with Crippen molar-refractivity contribution in [3.05, 3.63) is 24.5 Å². The highest BCUT2D eigenvalue weighted by Crippen LogP contribution is 2.24. The Kier molecular flexibility index (Phi) is 7.23. The fraction of sp³-hybridized carbons (Fsp3) is 0.650. The minimum atomic E-state index is -3.60. The maximum Gasteiger partial charge on any atom is 0.309 e. The molecule has 1 amide bonds. The molecule has 1 unspecified atom stereocenters. The summed E-state index contributed by atoms with van der Waals surface area (Å²) in [6, 6.07) is 3.33. The van der Waals surface area contributed by atoms with Gasteiger partial charge in [0.15, 0.2) is 6.61 Å². The third kappa shape index (κ3) is 5.14. The molecule has 2 saturated heterocycles. The summed E-state index contributed by atoms with van der Waals surface area (Å²) in [5.41, 5.74) is 0. The van der Waals surface area contributed by atoms with Crippen molar-refractivity contribution in [3.63, 3.8) is 0 Å². The predicted octanol–water partition coefficient (Wildman–Crippen LogP) is 1.82. The van der Waals surface area contributed by atoms with Gasteiger partial charge in [-0.2, -0.15) is 4.31 Å². The van der Waals surface area contributed by atoms with Gasteiger partial charge in [-0.3, -0.25) is 14.6 Å². The van der Waals surface area contributed by atoms with Gasteiger partial charge in [0.2, 0.25) is 10.0 Å². The SMILES string of the molecule is CCC1CCCCN1C(=O)COC(=O)C1CCN(S(=O)(=O)c2cccnc2)CC1. The third-order valence-corrected chi connectivity index (χ3v) is 7.70. The van der Waals surface area contributed by atoms with Gasteiger partial charge in [-0.15, -0.1) is 0 Å².